The Morgan fingerprint density at radius 3 is 2.55 bits per heavy atom. The number of fused-ring (bicyclic) bond motifs is 4. The Balaban J connectivity index is 1.19. The van der Waals surface area contributed by atoms with Crippen LogP contribution in [0.15, 0.2) is 6.20 Å². The lowest BCUT2D eigenvalue weighted by atomic mass is 9.80. The highest BCUT2D eigenvalue weighted by molar-refractivity contribution is 7.80. The van der Waals surface area contributed by atoms with E-state index in [0.29, 0.717) is 6.04 Å². The third-order valence-corrected chi connectivity index (χ3v) is 8.85. The second-order valence-electron chi connectivity index (χ2n) is 10.6. The van der Waals surface area contributed by atoms with E-state index in [1.165, 1.54) is 71.1 Å². The van der Waals surface area contributed by atoms with Gasteiger partial charge in [-0.25, -0.2) is 9.97 Å². The number of likely N-dealkylation sites (N-methyl/N-ethyl adjacent to an activating group) is 1. The standard InChI is InChI=1S/C24H36N8S/c1-30-11-13-31(14-12-30)18-7-5-17(6-8-18)27-23-25-15-19-20(29-23)32-21(28-19)22(33)26-16-24(32)9-3-2-4-10-24/h15,17-18H,2-14,16H2,1H3,(H,26,33)(H,25,27,29)/t17-,18+. The molecule has 2 aliphatic carbocycles. The number of hydrogen-bond acceptors (Lipinski definition) is 7. The molecule has 1 saturated heterocycles. The zero-order valence-electron chi connectivity index (χ0n) is 19.7. The van der Waals surface area contributed by atoms with Crippen molar-refractivity contribution in [1.29, 1.82) is 0 Å². The number of aromatic nitrogens is 4. The molecular weight excluding hydrogens is 432 g/mol. The second kappa shape index (κ2) is 8.74. The van der Waals surface area contributed by atoms with Gasteiger partial charge in [0.1, 0.15) is 10.5 Å². The molecule has 0 bridgehead atoms. The number of piperazine rings is 1. The van der Waals surface area contributed by atoms with Gasteiger partial charge in [0.05, 0.1) is 11.7 Å². The summed E-state index contributed by atoms with van der Waals surface area (Å²) in [6, 6.07) is 1.18. The van der Waals surface area contributed by atoms with Crippen molar-refractivity contribution in [3.05, 3.63) is 12.0 Å². The molecule has 178 valence electrons. The van der Waals surface area contributed by atoms with Gasteiger partial charge in [0.2, 0.25) is 5.95 Å². The Kier molecular flexibility index (Phi) is 5.74. The van der Waals surface area contributed by atoms with Gasteiger partial charge in [-0.3, -0.25) is 9.47 Å². The first-order chi connectivity index (χ1) is 16.1. The van der Waals surface area contributed by atoms with Crippen molar-refractivity contribution in [2.45, 2.75) is 75.4 Å². The fourth-order valence-corrected chi connectivity index (χ4v) is 6.72. The molecule has 1 spiro atoms. The Hall–Kier alpha value is -1.84. The van der Waals surface area contributed by atoms with Crippen LogP contribution < -0.4 is 10.6 Å². The first kappa shape index (κ1) is 21.7. The zero-order valence-corrected chi connectivity index (χ0v) is 20.5. The Morgan fingerprint density at radius 1 is 1.03 bits per heavy atom. The fraction of sp³-hybridized carbons (Fsp3) is 0.750. The molecule has 4 heterocycles. The van der Waals surface area contributed by atoms with E-state index in [9.17, 15) is 0 Å². The van der Waals surface area contributed by atoms with Gasteiger partial charge in [0, 0.05) is 44.8 Å². The average molecular weight is 469 g/mol. The lowest BCUT2D eigenvalue weighted by Crippen LogP contribution is -2.52. The van der Waals surface area contributed by atoms with E-state index < -0.39 is 0 Å². The van der Waals surface area contributed by atoms with Crippen LogP contribution in [0.25, 0.3) is 11.2 Å². The molecule has 4 aliphatic rings. The van der Waals surface area contributed by atoms with Crippen LogP contribution in [0.2, 0.25) is 0 Å². The molecule has 2 aromatic rings. The first-order valence-corrected chi connectivity index (χ1v) is 13.3. The van der Waals surface area contributed by atoms with Gasteiger partial charge in [0.15, 0.2) is 11.5 Å². The molecule has 3 fully saturated rings. The highest BCUT2D eigenvalue weighted by atomic mass is 32.1. The molecule has 6 rings (SSSR count). The van der Waals surface area contributed by atoms with Crippen LogP contribution in [0.4, 0.5) is 5.95 Å². The van der Waals surface area contributed by atoms with Crippen LogP contribution in [-0.2, 0) is 5.54 Å². The Bertz CT molecular complexity index is 1010. The summed E-state index contributed by atoms with van der Waals surface area (Å²) >= 11 is 5.62. The average Bonchev–Trinajstić information content (AvgIpc) is 3.24. The predicted molar refractivity (Wildman–Crippen MR) is 135 cm³/mol. The highest BCUT2D eigenvalue weighted by Crippen LogP contribution is 2.39. The van der Waals surface area contributed by atoms with Gasteiger partial charge >= 0.3 is 0 Å². The Labute approximate surface area is 201 Å². The summed E-state index contributed by atoms with van der Waals surface area (Å²) in [5, 5.41) is 7.12. The minimum Gasteiger partial charge on any atom is -0.371 e. The van der Waals surface area contributed by atoms with Crippen LogP contribution in [0.5, 0.6) is 0 Å². The van der Waals surface area contributed by atoms with E-state index in [1.54, 1.807) is 0 Å². The van der Waals surface area contributed by atoms with Crippen molar-refractivity contribution < 1.29 is 0 Å². The van der Waals surface area contributed by atoms with Crippen molar-refractivity contribution in [1.82, 2.24) is 34.6 Å². The van der Waals surface area contributed by atoms with Crippen LogP contribution in [0.3, 0.4) is 0 Å². The molecule has 2 aliphatic heterocycles. The highest BCUT2D eigenvalue weighted by Gasteiger charge is 2.41. The maximum atomic E-state index is 5.62. The van der Waals surface area contributed by atoms with Crippen molar-refractivity contribution in [3.63, 3.8) is 0 Å². The minimum absolute atomic E-state index is 0.0385. The largest absolute Gasteiger partial charge is 0.371 e. The van der Waals surface area contributed by atoms with Gasteiger partial charge < -0.3 is 15.5 Å². The summed E-state index contributed by atoms with van der Waals surface area (Å²) < 4.78 is 2.36. The van der Waals surface area contributed by atoms with Crippen LogP contribution in [0, 0.1) is 0 Å². The molecule has 2 saturated carbocycles. The molecule has 9 heteroatoms. The van der Waals surface area contributed by atoms with E-state index >= 15 is 0 Å². The quantitative estimate of drug-likeness (QED) is 0.666. The number of nitrogens with zero attached hydrogens (tertiary/aromatic N) is 6. The molecule has 0 radical (unpaired) electrons. The maximum Gasteiger partial charge on any atom is 0.224 e. The molecule has 0 aromatic carbocycles. The third-order valence-electron chi connectivity index (χ3n) is 8.52. The third kappa shape index (κ3) is 4.02. The van der Waals surface area contributed by atoms with E-state index in [0.717, 1.165) is 53.4 Å². The lowest BCUT2D eigenvalue weighted by molar-refractivity contribution is 0.0894. The summed E-state index contributed by atoms with van der Waals surface area (Å²) in [5.41, 5.74) is 1.83. The van der Waals surface area contributed by atoms with E-state index in [1.807, 2.05) is 6.20 Å². The number of anilines is 1. The summed E-state index contributed by atoms with van der Waals surface area (Å²) in [5.74, 6) is 1.61. The maximum absolute atomic E-state index is 5.62. The molecule has 0 unspecified atom stereocenters. The molecule has 2 aromatic heterocycles. The number of imidazole rings is 1. The predicted octanol–water partition coefficient (Wildman–Crippen LogP) is 2.73. The second-order valence-corrected chi connectivity index (χ2v) is 11.0. The summed E-state index contributed by atoms with van der Waals surface area (Å²) in [7, 11) is 2.23. The summed E-state index contributed by atoms with van der Waals surface area (Å²) in [6.45, 7) is 5.70. The van der Waals surface area contributed by atoms with Gasteiger partial charge in [-0.05, 0) is 45.6 Å². The number of nitrogens with one attached hydrogen (secondary N) is 2. The lowest BCUT2D eigenvalue weighted by Gasteiger charge is -2.43. The van der Waals surface area contributed by atoms with Crippen molar-refractivity contribution in [2.75, 3.05) is 45.1 Å². The summed E-state index contributed by atoms with van der Waals surface area (Å²) in [6.07, 6.45) is 12.9. The molecular formula is C24H36N8S. The van der Waals surface area contributed by atoms with Crippen LogP contribution in [0.1, 0.15) is 63.6 Å². The molecule has 0 atom stereocenters. The number of rotatable bonds is 3. The Morgan fingerprint density at radius 2 is 1.79 bits per heavy atom. The van der Waals surface area contributed by atoms with E-state index in [4.69, 9.17) is 22.2 Å². The molecule has 2 N–H and O–H groups in total. The van der Waals surface area contributed by atoms with Gasteiger partial charge in [-0.2, -0.15) is 4.98 Å². The van der Waals surface area contributed by atoms with E-state index in [2.05, 4.69) is 37.0 Å². The van der Waals surface area contributed by atoms with Gasteiger partial charge in [-0.15, -0.1) is 0 Å². The fourth-order valence-electron chi connectivity index (χ4n) is 6.51. The zero-order chi connectivity index (χ0) is 22.4. The number of thiocarbonyl (C=S) groups is 1. The molecule has 33 heavy (non-hydrogen) atoms. The smallest absolute Gasteiger partial charge is 0.224 e. The number of hydrogen-bond donors (Lipinski definition) is 2. The first-order valence-electron chi connectivity index (χ1n) is 12.8. The minimum atomic E-state index is 0.0385. The topological polar surface area (TPSA) is 74.1 Å². The molecule has 8 nitrogen and oxygen atoms in total. The van der Waals surface area contributed by atoms with Gasteiger partial charge in [-0.1, -0.05) is 31.5 Å². The normalized spacial score (nSPS) is 28.6. The SMILES string of the molecule is CN1CCN([C@H]2CC[C@@H](Nc3ncc4nc5n(c4n3)C3(CCCCC3)CNC5=S)CC2)CC1. The van der Waals surface area contributed by atoms with Crippen LogP contribution >= 0.6 is 12.2 Å². The monoisotopic (exact) mass is 468 g/mol. The van der Waals surface area contributed by atoms with Crippen molar-refractivity contribution in [3.8, 4) is 0 Å². The summed E-state index contributed by atoms with van der Waals surface area (Å²) in [4.78, 5) is 20.4. The molecule has 0 amide bonds. The van der Waals surface area contributed by atoms with Crippen molar-refractivity contribution >= 4 is 34.3 Å². The van der Waals surface area contributed by atoms with E-state index in [-0.39, 0.29) is 5.54 Å². The van der Waals surface area contributed by atoms with Crippen LogP contribution in [-0.4, -0.2) is 86.2 Å². The van der Waals surface area contributed by atoms with Gasteiger partial charge in [0.25, 0.3) is 0 Å². The van der Waals surface area contributed by atoms with Crippen molar-refractivity contribution in [2.24, 2.45) is 0 Å².